The van der Waals surface area contributed by atoms with Crippen molar-refractivity contribution in [2.75, 3.05) is 0 Å². The number of carbonyl (C=O) groups is 1. The first kappa shape index (κ1) is 22.3. The predicted octanol–water partition coefficient (Wildman–Crippen LogP) is 3.38. The largest absolute Gasteiger partial charge is 0.360 e. The first-order chi connectivity index (χ1) is 15.0. The van der Waals surface area contributed by atoms with Crippen LogP contribution in [0.25, 0.3) is 22.3 Å². The standard InChI is InChI=1S/C20H16BrClN4O5S/c1-10-17(18(23-31-10)11-5-4-6-12(22)7-11)19(27)24-32(29,30)16-9-15-14(8-13(16)21)25(2)20(28)26(15)3/h4-9H,1-3H3,(H,24,27). The monoisotopic (exact) mass is 538 g/mol. The fourth-order valence-corrected chi connectivity index (χ4v) is 5.61. The van der Waals surface area contributed by atoms with E-state index in [-0.39, 0.29) is 32.1 Å². The van der Waals surface area contributed by atoms with Crippen molar-refractivity contribution in [2.45, 2.75) is 11.8 Å². The molecule has 0 bridgehead atoms. The summed E-state index contributed by atoms with van der Waals surface area (Å²) in [6.07, 6.45) is 0. The number of hydrogen-bond donors (Lipinski definition) is 1. The number of rotatable bonds is 4. The molecule has 0 saturated heterocycles. The van der Waals surface area contributed by atoms with E-state index in [0.717, 1.165) is 0 Å². The highest BCUT2D eigenvalue weighted by Gasteiger charge is 2.28. The summed E-state index contributed by atoms with van der Waals surface area (Å²) in [7, 11) is -1.20. The molecular formula is C20H16BrClN4O5S. The molecule has 4 rings (SSSR count). The highest BCUT2D eigenvalue weighted by molar-refractivity contribution is 9.10. The summed E-state index contributed by atoms with van der Waals surface area (Å²) in [5.74, 6) is -0.764. The molecule has 0 aliphatic heterocycles. The van der Waals surface area contributed by atoms with E-state index in [1.54, 1.807) is 31.3 Å². The molecule has 0 radical (unpaired) electrons. The van der Waals surface area contributed by atoms with Crippen molar-refractivity contribution in [1.82, 2.24) is 19.0 Å². The molecule has 166 valence electrons. The van der Waals surface area contributed by atoms with Crippen LogP contribution in [0.5, 0.6) is 0 Å². The Kier molecular flexibility index (Phi) is 5.51. The molecule has 9 nitrogen and oxygen atoms in total. The van der Waals surface area contributed by atoms with Gasteiger partial charge in [-0.1, -0.05) is 28.9 Å². The Labute approximate surface area is 195 Å². The van der Waals surface area contributed by atoms with Crippen LogP contribution in [0.4, 0.5) is 0 Å². The van der Waals surface area contributed by atoms with Crippen LogP contribution in [-0.4, -0.2) is 28.6 Å². The Morgan fingerprint density at radius 3 is 2.47 bits per heavy atom. The summed E-state index contributed by atoms with van der Waals surface area (Å²) in [6.45, 7) is 1.50. The van der Waals surface area contributed by atoms with Crippen molar-refractivity contribution in [1.29, 1.82) is 0 Å². The van der Waals surface area contributed by atoms with Gasteiger partial charge < -0.3 is 4.52 Å². The average Bonchev–Trinajstić information content (AvgIpc) is 3.21. The molecule has 1 N–H and O–H groups in total. The summed E-state index contributed by atoms with van der Waals surface area (Å²) in [4.78, 5) is 25.0. The molecule has 1 amide bonds. The maximum absolute atomic E-state index is 13.1. The van der Waals surface area contributed by atoms with Crippen LogP contribution >= 0.6 is 27.5 Å². The summed E-state index contributed by atoms with van der Waals surface area (Å²) in [5.41, 5.74) is 1.26. The van der Waals surface area contributed by atoms with Crippen LogP contribution < -0.4 is 10.4 Å². The Bertz CT molecular complexity index is 1570. The number of carbonyl (C=O) groups excluding carboxylic acids is 1. The van der Waals surface area contributed by atoms with Crippen LogP contribution in [0.2, 0.25) is 5.02 Å². The van der Waals surface area contributed by atoms with Gasteiger partial charge in [0.25, 0.3) is 15.9 Å². The first-order valence-electron chi connectivity index (χ1n) is 9.15. The quantitative estimate of drug-likeness (QED) is 0.425. The van der Waals surface area contributed by atoms with E-state index in [1.807, 2.05) is 0 Å². The molecule has 4 aromatic rings. The SMILES string of the molecule is Cc1onc(-c2cccc(Cl)c2)c1C(=O)NS(=O)(=O)c1cc2c(cc1Br)n(C)c(=O)n2C. The van der Waals surface area contributed by atoms with Crippen molar-refractivity contribution in [3.8, 4) is 11.3 Å². The summed E-state index contributed by atoms with van der Waals surface area (Å²) in [6, 6.07) is 9.44. The zero-order valence-corrected chi connectivity index (χ0v) is 20.2. The average molecular weight is 540 g/mol. The molecule has 2 aromatic carbocycles. The maximum Gasteiger partial charge on any atom is 0.328 e. The molecule has 0 fully saturated rings. The van der Waals surface area contributed by atoms with Crippen LogP contribution in [-0.2, 0) is 24.1 Å². The number of imidazole rings is 1. The van der Waals surface area contributed by atoms with Crippen LogP contribution in [0.1, 0.15) is 16.1 Å². The zero-order valence-electron chi connectivity index (χ0n) is 17.0. The van der Waals surface area contributed by atoms with Crippen LogP contribution in [0.15, 0.2) is 55.1 Å². The Morgan fingerprint density at radius 2 is 1.81 bits per heavy atom. The van der Waals surface area contributed by atoms with Gasteiger partial charge in [-0.25, -0.2) is 17.9 Å². The van der Waals surface area contributed by atoms with Gasteiger partial charge in [-0.15, -0.1) is 0 Å². The fraction of sp³-hybridized carbons (Fsp3) is 0.150. The third-order valence-corrected chi connectivity index (χ3v) is 7.55. The highest BCUT2D eigenvalue weighted by Crippen LogP contribution is 2.30. The lowest BCUT2D eigenvalue weighted by Gasteiger charge is -2.10. The second kappa shape index (κ2) is 7.91. The highest BCUT2D eigenvalue weighted by atomic mass is 79.9. The lowest BCUT2D eigenvalue weighted by Crippen LogP contribution is -2.31. The molecule has 0 saturated carbocycles. The Morgan fingerprint density at radius 1 is 1.16 bits per heavy atom. The van der Waals surface area contributed by atoms with Gasteiger partial charge in [0.05, 0.1) is 11.0 Å². The minimum absolute atomic E-state index is 0.0276. The van der Waals surface area contributed by atoms with E-state index >= 15 is 0 Å². The van der Waals surface area contributed by atoms with E-state index in [9.17, 15) is 18.0 Å². The minimum atomic E-state index is -4.32. The van der Waals surface area contributed by atoms with Gasteiger partial charge in [-0.05, 0) is 47.1 Å². The van der Waals surface area contributed by atoms with Crippen molar-refractivity contribution in [2.24, 2.45) is 14.1 Å². The molecule has 0 aliphatic carbocycles. The number of halogens is 2. The normalized spacial score (nSPS) is 11.8. The predicted molar refractivity (Wildman–Crippen MR) is 122 cm³/mol. The lowest BCUT2D eigenvalue weighted by atomic mass is 10.1. The maximum atomic E-state index is 13.1. The van der Waals surface area contributed by atoms with Crippen molar-refractivity contribution < 1.29 is 17.7 Å². The van der Waals surface area contributed by atoms with Gasteiger partial charge in [0, 0.05) is 29.2 Å². The molecule has 32 heavy (non-hydrogen) atoms. The Hall–Kier alpha value is -2.89. The number of amides is 1. The van der Waals surface area contributed by atoms with Crippen molar-refractivity contribution in [3.05, 3.63) is 67.7 Å². The second-order valence-electron chi connectivity index (χ2n) is 7.08. The van der Waals surface area contributed by atoms with E-state index in [1.165, 1.54) is 35.2 Å². The molecule has 2 heterocycles. The molecule has 0 spiro atoms. The van der Waals surface area contributed by atoms with E-state index in [4.69, 9.17) is 16.1 Å². The third kappa shape index (κ3) is 3.65. The molecular weight excluding hydrogens is 524 g/mol. The molecule has 2 aromatic heterocycles. The fourth-order valence-electron chi connectivity index (χ4n) is 3.41. The summed E-state index contributed by atoms with van der Waals surface area (Å²) in [5, 5.41) is 4.32. The number of nitrogens with one attached hydrogen (secondary N) is 1. The van der Waals surface area contributed by atoms with Crippen molar-refractivity contribution >= 4 is 54.5 Å². The topological polar surface area (TPSA) is 116 Å². The molecule has 0 aliphatic rings. The first-order valence-corrected chi connectivity index (χ1v) is 11.8. The van der Waals surface area contributed by atoms with Gasteiger partial charge in [-0.2, -0.15) is 0 Å². The smallest absolute Gasteiger partial charge is 0.328 e. The van der Waals surface area contributed by atoms with E-state index < -0.39 is 15.9 Å². The van der Waals surface area contributed by atoms with Gasteiger partial charge in [0.1, 0.15) is 21.9 Å². The minimum Gasteiger partial charge on any atom is -0.360 e. The van der Waals surface area contributed by atoms with Gasteiger partial charge in [0.2, 0.25) is 0 Å². The van der Waals surface area contributed by atoms with Gasteiger partial charge in [-0.3, -0.25) is 13.9 Å². The molecule has 0 atom stereocenters. The number of fused-ring (bicyclic) bond motifs is 1. The number of aryl methyl sites for hydroxylation is 3. The van der Waals surface area contributed by atoms with Crippen LogP contribution in [0, 0.1) is 6.92 Å². The molecule has 0 unspecified atom stereocenters. The number of nitrogens with zero attached hydrogens (tertiary/aromatic N) is 3. The van der Waals surface area contributed by atoms with Crippen LogP contribution in [0.3, 0.4) is 0 Å². The Balaban J connectivity index is 1.77. The van der Waals surface area contributed by atoms with E-state index in [0.29, 0.717) is 21.6 Å². The number of hydrogen-bond acceptors (Lipinski definition) is 6. The lowest BCUT2D eigenvalue weighted by molar-refractivity contribution is 0.0980. The number of sulfonamides is 1. The third-order valence-electron chi connectivity index (χ3n) is 5.03. The summed E-state index contributed by atoms with van der Waals surface area (Å²) < 4.78 is 36.3. The number of aromatic nitrogens is 3. The summed E-state index contributed by atoms with van der Waals surface area (Å²) >= 11 is 9.26. The number of benzene rings is 2. The zero-order chi connectivity index (χ0) is 23.4. The van der Waals surface area contributed by atoms with Crippen molar-refractivity contribution in [3.63, 3.8) is 0 Å². The van der Waals surface area contributed by atoms with Gasteiger partial charge >= 0.3 is 5.69 Å². The van der Waals surface area contributed by atoms with E-state index in [2.05, 4.69) is 25.8 Å². The molecule has 12 heteroatoms. The second-order valence-corrected chi connectivity index (χ2v) is 10.0. The van der Waals surface area contributed by atoms with Gasteiger partial charge in [0.15, 0.2) is 0 Å².